The maximum absolute atomic E-state index is 12.8. The van der Waals surface area contributed by atoms with Crippen LogP contribution in [0.5, 0.6) is 0 Å². The van der Waals surface area contributed by atoms with E-state index in [0.29, 0.717) is 12.2 Å². The fraction of sp³-hybridized carbons (Fsp3) is 0.250. The highest BCUT2D eigenvalue weighted by Crippen LogP contribution is 2.31. The summed E-state index contributed by atoms with van der Waals surface area (Å²) in [6.45, 7) is 0.403. The molecule has 0 bridgehead atoms. The molecule has 3 rings (SSSR count). The summed E-state index contributed by atoms with van der Waals surface area (Å²) in [5, 5.41) is 11.1. The van der Waals surface area contributed by atoms with E-state index in [2.05, 4.69) is 0 Å². The molecule has 0 fully saturated rings. The normalized spacial score (nSPS) is 14.3. The van der Waals surface area contributed by atoms with Crippen molar-refractivity contribution in [2.45, 2.75) is 18.6 Å². The smallest absolute Gasteiger partial charge is 0.270 e. The fourth-order valence-corrected chi connectivity index (χ4v) is 4.55. The van der Waals surface area contributed by atoms with E-state index in [1.54, 1.807) is 18.2 Å². The van der Waals surface area contributed by atoms with Crippen LogP contribution in [-0.2, 0) is 22.2 Å². The van der Waals surface area contributed by atoms with Crippen molar-refractivity contribution in [3.05, 3.63) is 69.8 Å². The summed E-state index contributed by atoms with van der Waals surface area (Å²) >= 11 is 0. The predicted molar refractivity (Wildman–Crippen MR) is 87.8 cm³/mol. The minimum absolute atomic E-state index is 0.165. The molecule has 120 valence electrons. The molecule has 0 unspecified atom stereocenters. The second kappa shape index (κ2) is 6.00. The van der Waals surface area contributed by atoms with Crippen molar-refractivity contribution >= 4 is 21.4 Å². The number of nitro groups is 1. The number of fused-ring (bicyclic) bond motifs is 1. The number of benzene rings is 2. The molecule has 2 aromatic carbocycles. The average Bonchev–Trinajstić information content (AvgIpc) is 2.54. The first-order chi connectivity index (χ1) is 11.0. The molecule has 0 saturated heterocycles. The highest BCUT2D eigenvalue weighted by atomic mass is 32.2. The number of anilines is 1. The van der Waals surface area contributed by atoms with E-state index < -0.39 is 14.9 Å². The van der Waals surface area contributed by atoms with Gasteiger partial charge in [0.1, 0.15) is 5.75 Å². The van der Waals surface area contributed by atoms with Crippen LogP contribution in [0.15, 0.2) is 48.5 Å². The molecule has 1 aliphatic heterocycles. The zero-order valence-corrected chi connectivity index (χ0v) is 13.2. The SMILES string of the molecule is O=[N+]([O-])c1ccccc1CS(=O)(=O)N1CCCc2ccccc21. The summed E-state index contributed by atoms with van der Waals surface area (Å²) in [5.41, 5.74) is 1.71. The first-order valence-electron chi connectivity index (χ1n) is 7.29. The van der Waals surface area contributed by atoms with E-state index in [4.69, 9.17) is 0 Å². The van der Waals surface area contributed by atoms with Crippen LogP contribution in [0, 0.1) is 10.1 Å². The summed E-state index contributed by atoms with van der Waals surface area (Å²) in [6.07, 6.45) is 1.58. The zero-order valence-electron chi connectivity index (χ0n) is 12.4. The molecule has 1 aliphatic rings. The van der Waals surface area contributed by atoms with Crippen LogP contribution in [0.2, 0.25) is 0 Å². The zero-order chi connectivity index (χ0) is 16.4. The van der Waals surface area contributed by atoms with E-state index in [9.17, 15) is 18.5 Å². The third-order valence-electron chi connectivity index (χ3n) is 3.93. The molecule has 23 heavy (non-hydrogen) atoms. The Labute approximate surface area is 134 Å². The Hall–Kier alpha value is -2.41. The molecule has 0 aromatic heterocycles. The molecule has 6 nitrogen and oxygen atoms in total. The van der Waals surface area contributed by atoms with Gasteiger partial charge in [0.2, 0.25) is 10.0 Å². The van der Waals surface area contributed by atoms with Gasteiger partial charge >= 0.3 is 0 Å². The van der Waals surface area contributed by atoms with Gasteiger partial charge < -0.3 is 0 Å². The van der Waals surface area contributed by atoms with Crippen LogP contribution < -0.4 is 4.31 Å². The highest BCUT2D eigenvalue weighted by molar-refractivity contribution is 7.92. The topological polar surface area (TPSA) is 80.5 Å². The summed E-state index contributed by atoms with van der Waals surface area (Å²) in [7, 11) is -3.68. The number of nitro benzene ring substituents is 1. The maximum Gasteiger partial charge on any atom is 0.273 e. The Morgan fingerprint density at radius 1 is 1.09 bits per heavy atom. The van der Waals surface area contributed by atoms with E-state index in [1.165, 1.54) is 22.5 Å². The van der Waals surface area contributed by atoms with Gasteiger partial charge in [0.15, 0.2) is 0 Å². The van der Waals surface area contributed by atoms with E-state index in [-0.39, 0.29) is 17.0 Å². The third kappa shape index (κ3) is 3.05. The lowest BCUT2D eigenvalue weighted by Crippen LogP contribution is -2.36. The lowest BCUT2D eigenvalue weighted by Gasteiger charge is -2.30. The molecule has 0 amide bonds. The fourth-order valence-electron chi connectivity index (χ4n) is 2.87. The largest absolute Gasteiger partial charge is 0.273 e. The van der Waals surface area contributed by atoms with Crippen LogP contribution in [0.1, 0.15) is 17.5 Å². The van der Waals surface area contributed by atoms with Crippen molar-refractivity contribution in [2.75, 3.05) is 10.8 Å². The van der Waals surface area contributed by atoms with Gasteiger partial charge in [-0.3, -0.25) is 14.4 Å². The number of nitrogens with zero attached hydrogens (tertiary/aromatic N) is 2. The standard InChI is InChI=1S/C16H16N2O4S/c19-18(20)16-10-4-2-7-14(16)12-23(21,22)17-11-5-8-13-6-1-3-9-15(13)17/h1-4,6-7,9-10H,5,8,11-12H2. The molecular formula is C16H16N2O4S. The molecule has 0 aliphatic carbocycles. The van der Waals surface area contributed by atoms with Gasteiger partial charge in [-0.1, -0.05) is 36.4 Å². The number of aryl methyl sites for hydroxylation is 1. The Morgan fingerprint density at radius 2 is 1.78 bits per heavy atom. The summed E-state index contributed by atoms with van der Waals surface area (Å²) in [5.74, 6) is -0.377. The lowest BCUT2D eigenvalue weighted by atomic mass is 10.0. The van der Waals surface area contributed by atoms with Crippen molar-refractivity contribution in [3.8, 4) is 0 Å². The third-order valence-corrected chi connectivity index (χ3v) is 5.66. The first kappa shape index (κ1) is 15.5. The molecule has 0 radical (unpaired) electrons. The Bertz CT molecular complexity index is 849. The lowest BCUT2D eigenvalue weighted by molar-refractivity contribution is -0.385. The molecular weight excluding hydrogens is 316 g/mol. The van der Waals surface area contributed by atoms with Gasteiger partial charge in [-0.2, -0.15) is 0 Å². The molecule has 0 N–H and O–H groups in total. The van der Waals surface area contributed by atoms with E-state index in [1.807, 2.05) is 12.1 Å². The van der Waals surface area contributed by atoms with Crippen molar-refractivity contribution < 1.29 is 13.3 Å². The quantitative estimate of drug-likeness (QED) is 0.637. The number of rotatable bonds is 4. The summed E-state index contributed by atoms with van der Waals surface area (Å²) in [4.78, 5) is 10.5. The van der Waals surface area contributed by atoms with Gasteiger partial charge in [-0.15, -0.1) is 0 Å². The second-order valence-corrected chi connectivity index (χ2v) is 7.34. The van der Waals surface area contributed by atoms with Crippen molar-refractivity contribution in [1.29, 1.82) is 0 Å². The van der Waals surface area contributed by atoms with Gasteiger partial charge in [0, 0.05) is 18.2 Å². The van der Waals surface area contributed by atoms with Gasteiger partial charge in [-0.25, -0.2) is 8.42 Å². The van der Waals surface area contributed by atoms with Crippen LogP contribution >= 0.6 is 0 Å². The average molecular weight is 332 g/mol. The Balaban J connectivity index is 1.97. The predicted octanol–water partition coefficient (Wildman–Crippen LogP) is 2.88. The number of sulfonamides is 1. The number of hydrogen-bond donors (Lipinski definition) is 0. The summed E-state index contributed by atoms with van der Waals surface area (Å²) < 4.78 is 27.0. The minimum atomic E-state index is -3.68. The van der Waals surface area contributed by atoms with Crippen LogP contribution in [-0.4, -0.2) is 19.9 Å². The number of para-hydroxylation sites is 2. The van der Waals surface area contributed by atoms with E-state index >= 15 is 0 Å². The molecule has 0 saturated carbocycles. The van der Waals surface area contributed by atoms with Crippen LogP contribution in [0.25, 0.3) is 0 Å². The van der Waals surface area contributed by atoms with Crippen molar-refractivity contribution in [3.63, 3.8) is 0 Å². The maximum atomic E-state index is 12.8. The highest BCUT2D eigenvalue weighted by Gasteiger charge is 2.29. The molecule has 1 heterocycles. The van der Waals surface area contributed by atoms with Crippen LogP contribution in [0.3, 0.4) is 0 Å². The molecule has 0 atom stereocenters. The van der Waals surface area contributed by atoms with Gasteiger partial charge in [-0.05, 0) is 24.5 Å². The van der Waals surface area contributed by atoms with Crippen LogP contribution in [0.4, 0.5) is 11.4 Å². The molecule has 0 spiro atoms. The minimum Gasteiger partial charge on any atom is -0.270 e. The van der Waals surface area contributed by atoms with Crippen molar-refractivity contribution in [2.24, 2.45) is 0 Å². The molecule has 2 aromatic rings. The van der Waals surface area contributed by atoms with Gasteiger partial charge in [0.05, 0.1) is 10.6 Å². The first-order valence-corrected chi connectivity index (χ1v) is 8.90. The summed E-state index contributed by atoms with van der Waals surface area (Å²) in [6, 6.07) is 13.4. The van der Waals surface area contributed by atoms with E-state index in [0.717, 1.165) is 18.4 Å². The number of hydrogen-bond acceptors (Lipinski definition) is 4. The Morgan fingerprint density at radius 3 is 2.57 bits per heavy atom. The van der Waals surface area contributed by atoms with Crippen molar-refractivity contribution in [1.82, 2.24) is 0 Å². The monoisotopic (exact) mass is 332 g/mol. The molecule has 7 heteroatoms. The van der Waals surface area contributed by atoms with Gasteiger partial charge in [0.25, 0.3) is 5.69 Å². The Kier molecular flexibility index (Phi) is 4.04. The second-order valence-electron chi connectivity index (χ2n) is 5.45.